The number of carbonyl (C=O) groups excluding carboxylic acids is 1. The predicted octanol–water partition coefficient (Wildman–Crippen LogP) is 4.41. The van der Waals surface area contributed by atoms with Gasteiger partial charge in [-0.25, -0.2) is 4.39 Å². The van der Waals surface area contributed by atoms with Gasteiger partial charge in [0.1, 0.15) is 11.6 Å². The van der Waals surface area contributed by atoms with Crippen molar-refractivity contribution in [3.05, 3.63) is 65.5 Å². The lowest BCUT2D eigenvalue weighted by Crippen LogP contribution is -2.39. The number of rotatable bonds is 4. The number of benzene rings is 2. The van der Waals surface area contributed by atoms with E-state index in [1.165, 1.54) is 12.1 Å². The second-order valence-electron chi connectivity index (χ2n) is 6.28. The van der Waals surface area contributed by atoms with Gasteiger partial charge >= 0.3 is 0 Å². The molecular formula is C20H24FNO2S. The highest BCUT2D eigenvalue weighted by Gasteiger charge is 2.30. The fraction of sp³-hybridized carbons (Fsp3) is 0.350. The molecule has 1 fully saturated rings. The van der Waals surface area contributed by atoms with Gasteiger partial charge in [-0.3, -0.25) is 4.79 Å². The van der Waals surface area contributed by atoms with Gasteiger partial charge in [0.05, 0.1) is 13.2 Å². The minimum atomic E-state index is -0.240. The molecule has 1 aliphatic heterocycles. The van der Waals surface area contributed by atoms with Crippen LogP contribution in [0.25, 0.3) is 0 Å². The molecule has 2 atom stereocenters. The predicted molar refractivity (Wildman–Crippen MR) is 102 cm³/mol. The minimum absolute atomic E-state index is 0. The highest BCUT2D eigenvalue weighted by molar-refractivity contribution is 7.59. The lowest BCUT2D eigenvalue weighted by molar-refractivity contribution is -0.136. The number of likely N-dealkylation sites (tertiary alicyclic amines) is 1. The molecule has 0 bridgehead atoms. The van der Waals surface area contributed by atoms with E-state index in [4.69, 9.17) is 4.74 Å². The Morgan fingerprint density at radius 3 is 2.32 bits per heavy atom. The first-order valence-electron chi connectivity index (χ1n) is 8.27. The van der Waals surface area contributed by atoms with E-state index >= 15 is 0 Å². The molecule has 0 spiro atoms. The third-order valence-electron chi connectivity index (χ3n) is 4.87. The molecule has 0 aliphatic carbocycles. The smallest absolute Gasteiger partial charge is 0.223 e. The van der Waals surface area contributed by atoms with Gasteiger partial charge in [-0.05, 0) is 54.7 Å². The molecule has 0 aromatic heterocycles. The van der Waals surface area contributed by atoms with Crippen LogP contribution in [0.2, 0.25) is 0 Å². The molecule has 3 nitrogen and oxygen atoms in total. The number of hydrogen-bond acceptors (Lipinski definition) is 2. The van der Waals surface area contributed by atoms with Crippen molar-refractivity contribution < 1.29 is 13.9 Å². The summed E-state index contributed by atoms with van der Waals surface area (Å²) in [6.07, 6.45) is 1.38. The van der Waals surface area contributed by atoms with Gasteiger partial charge < -0.3 is 9.64 Å². The van der Waals surface area contributed by atoms with Gasteiger partial charge in [-0.15, -0.1) is 0 Å². The summed E-state index contributed by atoms with van der Waals surface area (Å²) in [4.78, 5) is 14.5. The van der Waals surface area contributed by atoms with E-state index in [-0.39, 0.29) is 37.2 Å². The molecule has 1 amide bonds. The molecule has 134 valence electrons. The third-order valence-corrected chi connectivity index (χ3v) is 4.87. The summed E-state index contributed by atoms with van der Waals surface area (Å²) in [7, 11) is 1.64. The van der Waals surface area contributed by atoms with Crippen molar-refractivity contribution in [3.8, 4) is 5.75 Å². The zero-order valence-corrected chi connectivity index (χ0v) is 15.5. The second-order valence-corrected chi connectivity index (χ2v) is 6.28. The topological polar surface area (TPSA) is 29.5 Å². The van der Waals surface area contributed by atoms with Crippen LogP contribution in [0, 0.1) is 5.82 Å². The van der Waals surface area contributed by atoms with Crippen LogP contribution >= 0.6 is 13.5 Å². The molecule has 2 aromatic rings. The summed E-state index contributed by atoms with van der Waals surface area (Å²) in [5, 5.41) is 0. The Bertz CT molecular complexity index is 703. The number of piperidine rings is 1. The Morgan fingerprint density at radius 2 is 1.76 bits per heavy atom. The zero-order valence-electron chi connectivity index (χ0n) is 14.5. The summed E-state index contributed by atoms with van der Waals surface area (Å²) in [5.41, 5.74) is 2.14. The van der Waals surface area contributed by atoms with E-state index in [0.29, 0.717) is 13.0 Å². The molecule has 0 N–H and O–H groups in total. The van der Waals surface area contributed by atoms with Crippen molar-refractivity contribution in [2.45, 2.75) is 31.7 Å². The molecule has 0 radical (unpaired) electrons. The van der Waals surface area contributed by atoms with Crippen LogP contribution in [0.4, 0.5) is 4.39 Å². The molecule has 2 aromatic carbocycles. The van der Waals surface area contributed by atoms with E-state index in [0.717, 1.165) is 23.3 Å². The number of halogens is 1. The first kappa shape index (κ1) is 19.3. The standard InChI is InChI=1S/C20H22FNO2.H2S/c1-14(15-5-9-19(24-2)10-6-15)22-12-11-17(13-20(22)23)16-3-7-18(21)8-4-16;/h3-10,14,17H,11-13H2,1-2H3;1H2/t14-,17?;/m0./s1. The Balaban J connectivity index is 0.00000225. The molecule has 1 aliphatic rings. The van der Waals surface area contributed by atoms with Gasteiger partial charge in [0.2, 0.25) is 5.91 Å². The Morgan fingerprint density at radius 1 is 1.12 bits per heavy atom. The van der Waals surface area contributed by atoms with Crippen LogP contribution in [-0.4, -0.2) is 24.5 Å². The van der Waals surface area contributed by atoms with E-state index < -0.39 is 0 Å². The van der Waals surface area contributed by atoms with Gasteiger partial charge in [0, 0.05) is 13.0 Å². The van der Waals surface area contributed by atoms with E-state index in [1.54, 1.807) is 19.2 Å². The lowest BCUT2D eigenvalue weighted by atomic mass is 9.88. The molecule has 25 heavy (non-hydrogen) atoms. The highest BCUT2D eigenvalue weighted by atomic mass is 32.1. The maximum atomic E-state index is 13.1. The first-order valence-corrected chi connectivity index (χ1v) is 8.27. The third kappa shape index (κ3) is 4.34. The van der Waals surface area contributed by atoms with Crippen molar-refractivity contribution in [2.75, 3.05) is 13.7 Å². The summed E-state index contributed by atoms with van der Waals surface area (Å²) < 4.78 is 18.2. The van der Waals surface area contributed by atoms with Gasteiger partial charge in [-0.1, -0.05) is 24.3 Å². The maximum absolute atomic E-state index is 13.1. The quantitative estimate of drug-likeness (QED) is 0.807. The van der Waals surface area contributed by atoms with Crippen molar-refractivity contribution in [1.29, 1.82) is 0 Å². The average molecular weight is 361 g/mol. The van der Waals surface area contributed by atoms with Crippen molar-refractivity contribution in [2.24, 2.45) is 0 Å². The minimum Gasteiger partial charge on any atom is -0.497 e. The largest absolute Gasteiger partial charge is 0.497 e. The lowest BCUT2D eigenvalue weighted by Gasteiger charge is -2.36. The molecule has 1 unspecified atom stereocenters. The molecule has 3 rings (SSSR count). The SMILES string of the molecule is COc1ccc([C@H](C)N2CCC(c3ccc(F)cc3)CC2=O)cc1.S. The van der Waals surface area contributed by atoms with Crippen molar-refractivity contribution >= 4 is 19.4 Å². The maximum Gasteiger partial charge on any atom is 0.223 e. The Labute approximate surface area is 155 Å². The molecular weight excluding hydrogens is 337 g/mol. The zero-order chi connectivity index (χ0) is 17.1. The number of carbonyl (C=O) groups is 1. The number of nitrogens with zero attached hydrogens (tertiary/aromatic N) is 1. The summed E-state index contributed by atoms with van der Waals surface area (Å²) in [6.45, 7) is 2.77. The number of methoxy groups -OCH3 is 1. The summed E-state index contributed by atoms with van der Waals surface area (Å²) in [5.74, 6) is 0.902. The Kier molecular flexibility index (Phi) is 6.48. The monoisotopic (exact) mass is 361 g/mol. The van der Waals surface area contributed by atoms with Crippen molar-refractivity contribution in [3.63, 3.8) is 0 Å². The second kappa shape index (κ2) is 8.39. The van der Waals surface area contributed by atoms with E-state index in [9.17, 15) is 9.18 Å². The number of ether oxygens (including phenoxy) is 1. The van der Waals surface area contributed by atoms with Crippen LogP contribution in [0.1, 0.15) is 42.9 Å². The molecule has 1 heterocycles. The summed E-state index contributed by atoms with van der Waals surface area (Å²) >= 11 is 0. The van der Waals surface area contributed by atoms with Crippen LogP contribution in [-0.2, 0) is 4.79 Å². The average Bonchev–Trinajstić information content (AvgIpc) is 2.62. The molecule has 1 saturated heterocycles. The van der Waals surface area contributed by atoms with Crippen LogP contribution in [0.3, 0.4) is 0 Å². The van der Waals surface area contributed by atoms with Gasteiger partial charge in [0.15, 0.2) is 0 Å². The fourth-order valence-corrected chi connectivity index (χ4v) is 3.34. The fourth-order valence-electron chi connectivity index (χ4n) is 3.34. The van der Waals surface area contributed by atoms with Crippen LogP contribution in [0.5, 0.6) is 5.75 Å². The molecule has 5 heteroatoms. The van der Waals surface area contributed by atoms with Gasteiger partial charge in [0.25, 0.3) is 0 Å². The van der Waals surface area contributed by atoms with Crippen LogP contribution in [0.15, 0.2) is 48.5 Å². The van der Waals surface area contributed by atoms with Gasteiger partial charge in [-0.2, -0.15) is 13.5 Å². The molecule has 0 saturated carbocycles. The first-order chi connectivity index (χ1) is 11.6. The Hall–Kier alpha value is -2.01. The normalized spacial score (nSPS) is 18.4. The van der Waals surface area contributed by atoms with E-state index in [2.05, 4.69) is 6.92 Å². The number of amides is 1. The number of hydrogen-bond donors (Lipinski definition) is 0. The van der Waals surface area contributed by atoms with Crippen molar-refractivity contribution in [1.82, 2.24) is 4.90 Å². The van der Waals surface area contributed by atoms with E-state index in [1.807, 2.05) is 29.2 Å². The highest BCUT2D eigenvalue weighted by Crippen LogP contribution is 2.33. The summed E-state index contributed by atoms with van der Waals surface area (Å²) in [6, 6.07) is 14.4. The van der Waals surface area contributed by atoms with Crippen LogP contribution < -0.4 is 4.74 Å².